The molecule has 33 heavy (non-hydrogen) atoms. The van der Waals surface area contributed by atoms with Gasteiger partial charge in [-0.05, 0) is 60.9 Å². The number of hydrogen-bond donors (Lipinski definition) is 0. The lowest BCUT2D eigenvalue weighted by atomic mass is 9.82. The van der Waals surface area contributed by atoms with E-state index in [4.69, 9.17) is 14.2 Å². The van der Waals surface area contributed by atoms with Crippen molar-refractivity contribution in [2.45, 2.75) is 13.8 Å². The van der Waals surface area contributed by atoms with E-state index in [2.05, 4.69) is 4.74 Å². The molecule has 4 rings (SSSR count). The smallest absolute Gasteiger partial charge is 0.198 e. The van der Waals surface area contributed by atoms with Crippen LogP contribution >= 0.6 is 0 Å². The number of hydrogen-bond acceptors (Lipinski definition) is 6. The molecule has 172 valence electrons. The van der Waals surface area contributed by atoms with Gasteiger partial charge in [-0.15, -0.1) is 0 Å². The van der Waals surface area contributed by atoms with Crippen LogP contribution < -0.4 is 9.47 Å². The molecule has 0 atom stereocenters. The number of carbonyl (C=O) groups excluding carboxylic acids is 2. The van der Waals surface area contributed by atoms with Crippen molar-refractivity contribution < 1.29 is 28.5 Å². The number of methoxy groups -OCH3 is 4. The summed E-state index contributed by atoms with van der Waals surface area (Å²) in [4.78, 5) is 26.9. The van der Waals surface area contributed by atoms with Gasteiger partial charge >= 0.3 is 0 Å². The van der Waals surface area contributed by atoms with Gasteiger partial charge in [0.2, 0.25) is 0 Å². The molecule has 0 radical (unpaired) electrons. The number of aryl methyl sites for hydroxylation is 2. The van der Waals surface area contributed by atoms with E-state index < -0.39 is 0 Å². The fourth-order valence-corrected chi connectivity index (χ4v) is 4.03. The van der Waals surface area contributed by atoms with Gasteiger partial charge in [-0.2, -0.15) is 0 Å². The normalized spacial score (nSPS) is 16.3. The Bertz CT molecular complexity index is 1210. The number of fused-ring (bicyclic) bond motifs is 2. The summed E-state index contributed by atoms with van der Waals surface area (Å²) >= 11 is 0. The summed E-state index contributed by atoms with van der Waals surface area (Å²) in [6.45, 7) is 3.87. The highest BCUT2D eigenvalue weighted by Crippen LogP contribution is 2.40. The van der Waals surface area contributed by atoms with Crippen LogP contribution in [0.2, 0.25) is 0 Å². The third-order valence-corrected chi connectivity index (χ3v) is 5.39. The van der Waals surface area contributed by atoms with Crippen LogP contribution in [0.3, 0.4) is 0 Å². The molecule has 6 heteroatoms. The molecule has 6 nitrogen and oxygen atoms in total. The van der Waals surface area contributed by atoms with Gasteiger partial charge in [-0.1, -0.05) is 12.1 Å². The summed E-state index contributed by atoms with van der Waals surface area (Å²) in [5.41, 5.74) is 4.79. The molecular formula is C27H28O6. The molecule has 0 saturated carbocycles. The number of carbonyl (C=O) groups is 2. The van der Waals surface area contributed by atoms with E-state index in [0.717, 1.165) is 16.7 Å². The molecule has 0 unspecified atom stereocenters. The Hall–Kier alpha value is -3.64. The van der Waals surface area contributed by atoms with Crippen LogP contribution in [0.25, 0.3) is 11.8 Å². The molecule has 0 aromatic heterocycles. The molecule has 2 aliphatic carbocycles. The maximum atomic E-state index is 13.5. The minimum atomic E-state index is -0.273. The Kier molecular flexibility index (Phi) is 7.19. The molecule has 2 aromatic rings. The van der Waals surface area contributed by atoms with Gasteiger partial charge in [-0.25, -0.2) is 0 Å². The first-order chi connectivity index (χ1) is 15.8. The fraction of sp³-hybridized carbons (Fsp3) is 0.259. The van der Waals surface area contributed by atoms with Crippen molar-refractivity contribution in [1.29, 1.82) is 0 Å². The first-order valence-corrected chi connectivity index (χ1v) is 10.4. The highest BCUT2D eigenvalue weighted by atomic mass is 16.5. The second-order valence-electron chi connectivity index (χ2n) is 7.76. The van der Waals surface area contributed by atoms with Crippen molar-refractivity contribution in [3.63, 3.8) is 0 Å². The maximum absolute atomic E-state index is 13.5. The quantitative estimate of drug-likeness (QED) is 0.617. The zero-order chi connectivity index (χ0) is 24.3. The SMILES string of the molecule is COC.COC1=C/C(=C2/C=Cc3cc(C)cc(OC)c3C2=O)C(=O)c2c(OC)cc(C)cc21. The Morgan fingerprint density at radius 2 is 1.18 bits per heavy atom. The monoisotopic (exact) mass is 448 g/mol. The Morgan fingerprint density at radius 1 is 0.636 bits per heavy atom. The van der Waals surface area contributed by atoms with Gasteiger partial charge in [0.05, 0.1) is 32.5 Å². The lowest BCUT2D eigenvalue weighted by Crippen LogP contribution is -2.19. The summed E-state index contributed by atoms with van der Waals surface area (Å²) in [7, 11) is 7.85. The van der Waals surface area contributed by atoms with Crippen molar-refractivity contribution in [2.75, 3.05) is 35.5 Å². The minimum Gasteiger partial charge on any atom is -0.496 e. The average Bonchev–Trinajstić information content (AvgIpc) is 2.79. The standard InChI is InChI=1S/C25H22O5.C2H6O/c1-13-8-15-6-7-16(24(26)22(15)20(10-13)29-4)17-12-19(28-3)18-9-14(2)11-21(30-5)23(18)25(17)27;1-3-2/h6-12H,1-5H3;1-2H3/b17-16+;. The van der Waals surface area contributed by atoms with Crippen LogP contribution in [-0.4, -0.2) is 47.1 Å². The van der Waals surface area contributed by atoms with Crippen molar-refractivity contribution in [3.8, 4) is 11.5 Å². The van der Waals surface area contributed by atoms with Crippen molar-refractivity contribution in [1.82, 2.24) is 0 Å². The molecule has 0 amide bonds. The van der Waals surface area contributed by atoms with Crippen molar-refractivity contribution in [2.24, 2.45) is 0 Å². The average molecular weight is 449 g/mol. The van der Waals surface area contributed by atoms with Gasteiger partial charge in [0.1, 0.15) is 17.3 Å². The van der Waals surface area contributed by atoms with E-state index in [1.807, 2.05) is 38.1 Å². The molecule has 0 fully saturated rings. The Morgan fingerprint density at radius 3 is 1.76 bits per heavy atom. The number of rotatable bonds is 3. The first kappa shape index (κ1) is 24.0. The molecule has 0 N–H and O–H groups in total. The zero-order valence-electron chi connectivity index (χ0n) is 20.0. The largest absolute Gasteiger partial charge is 0.496 e. The molecule has 0 bridgehead atoms. The third-order valence-electron chi connectivity index (χ3n) is 5.39. The summed E-state index contributed by atoms with van der Waals surface area (Å²) in [6.07, 6.45) is 5.16. The van der Waals surface area contributed by atoms with Crippen LogP contribution in [0, 0.1) is 13.8 Å². The second-order valence-corrected chi connectivity index (χ2v) is 7.76. The van der Waals surface area contributed by atoms with Gasteiger partial charge in [0.15, 0.2) is 11.6 Å². The van der Waals surface area contributed by atoms with Gasteiger partial charge in [0.25, 0.3) is 0 Å². The van der Waals surface area contributed by atoms with E-state index in [1.165, 1.54) is 14.2 Å². The third kappa shape index (κ3) is 4.34. The topological polar surface area (TPSA) is 71.1 Å². The summed E-state index contributed by atoms with van der Waals surface area (Å²) in [5, 5.41) is 0. The fourth-order valence-electron chi connectivity index (χ4n) is 4.03. The van der Waals surface area contributed by atoms with Gasteiger partial charge in [-0.3, -0.25) is 9.59 Å². The molecule has 0 heterocycles. The van der Waals surface area contributed by atoms with E-state index in [9.17, 15) is 9.59 Å². The molecule has 0 saturated heterocycles. The first-order valence-electron chi connectivity index (χ1n) is 10.4. The molecule has 0 spiro atoms. The Balaban J connectivity index is 0.000000968. The highest BCUT2D eigenvalue weighted by molar-refractivity contribution is 6.26. The molecule has 2 aromatic carbocycles. The molecule has 2 aliphatic rings. The van der Waals surface area contributed by atoms with Crippen LogP contribution in [0.4, 0.5) is 0 Å². The van der Waals surface area contributed by atoms with Gasteiger partial charge in [0, 0.05) is 30.9 Å². The number of Topliss-reactive ketones (excluding diaryl/α,β-unsaturated/α-hetero) is 2. The van der Waals surface area contributed by atoms with Crippen molar-refractivity contribution in [3.05, 3.63) is 80.9 Å². The van der Waals surface area contributed by atoms with Crippen LogP contribution in [0.15, 0.2) is 47.6 Å². The lowest BCUT2D eigenvalue weighted by molar-refractivity contribution is 0.0999. The highest BCUT2D eigenvalue weighted by Gasteiger charge is 2.33. The van der Waals surface area contributed by atoms with Crippen LogP contribution in [0.5, 0.6) is 11.5 Å². The number of ketones is 2. The van der Waals surface area contributed by atoms with Crippen LogP contribution in [0.1, 0.15) is 43.0 Å². The summed E-state index contributed by atoms with van der Waals surface area (Å²) < 4.78 is 20.7. The maximum Gasteiger partial charge on any atom is 0.198 e. The Labute approximate surface area is 194 Å². The van der Waals surface area contributed by atoms with E-state index >= 15 is 0 Å². The van der Waals surface area contributed by atoms with Gasteiger partial charge < -0.3 is 18.9 Å². The molecule has 0 aliphatic heterocycles. The van der Waals surface area contributed by atoms with E-state index in [1.54, 1.807) is 39.5 Å². The number of allylic oxidation sites excluding steroid dienone is 4. The number of ether oxygens (including phenoxy) is 4. The zero-order valence-corrected chi connectivity index (χ0v) is 20.0. The number of benzene rings is 2. The summed E-state index contributed by atoms with van der Waals surface area (Å²) in [6, 6.07) is 7.43. The van der Waals surface area contributed by atoms with E-state index in [-0.39, 0.29) is 17.1 Å². The van der Waals surface area contributed by atoms with Crippen molar-refractivity contribution >= 4 is 23.4 Å². The summed E-state index contributed by atoms with van der Waals surface area (Å²) in [5.74, 6) is 0.929. The predicted molar refractivity (Wildman–Crippen MR) is 128 cm³/mol. The van der Waals surface area contributed by atoms with Crippen LogP contribution in [-0.2, 0) is 9.47 Å². The second kappa shape index (κ2) is 9.88. The minimum absolute atomic E-state index is 0.256. The lowest BCUT2D eigenvalue weighted by Gasteiger charge is -2.23. The predicted octanol–water partition coefficient (Wildman–Crippen LogP) is 4.97. The van der Waals surface area contributed by atoms with E-state index in [0.29, 0.717) is 39.5 Å². The molecular weight excluding hydrogens is 420 g/mol.